The Morgan fingerprint density at radius 2 is 1.50 bits per heavy atom. The molecule has 0 aromatic carbocycles. The molecule has 2 rings (SSSR count). The molecule has 1 aromatic heterocycles. The molecule has 3 unspecified atom stereocenters. The highest BCUT2D eigenvalue weighted by Crippen LogP contribution is 2.38. The number of rotatable bonds is 11. The predicted octanol–water partition coefficient (Wildman–Crippen LogP) is 1.97. The maximum Gasteiger partial charge on any atom is 0.341 e. The molecule has 13 nitrogen and oxygen atoms in total. The van der Waals surface area contributed by atoms with Crippen molar-refractivity contribution in [2.24, 2.45) is 0 Å². The molecule has 1 amide bonds. The van der Waals surface area contributed by atoms with Crippen LogP contribution in [-0.2, 0) is 60.5 Å². The van der Waals surface area contributed by atoms with Crippen LogP contribution in [0.2, 0.25) is 0 Å². The van der Waals surface area contributed by atoms with Crippen molar-refractivity contribution >= 4 is 69.4 Å². The summed E-state index contributed by atoms with van der Waals surface area (Å²) in [5.74, 6) is -4.99. The van der Waals surface area contributed by atoms with Crippen LogP contribution in [0.4, 0.5) is 5.00 Å². The number of fused-ring (bicyclic) bond motifs is 1. The Kier molecular flexibility index (Phi) is 12.4. The molecule has 2 N–H and O–H groups in total. The summed E-state index contributed by atoms with van der Waals surface area (Å²) in [7, 11) is 0. The van der Waals surface area contributed by atoms with Gasteiger partial charge in [-0.2, -0.15) is 0 Å². The Bertz CT molecular complexity index is 1160. The van der Waals surface area contributed by atoms with E-state index in [1.807, 2.05) is 0 Å². The molecular formula is C25H32N2O11S2. The molecule has 3 atom stereocenters. The largest absolute Gasteiger partial charge is 0.462 e. The van der Waals surface area contributed by atoms with Gasteiger partial charge >= 0.3 is 29.8 Å². The first-order valence-electron chi connectivity index (χ1n) is 12.4. The highest BCUT2D eigenvalue weighted by Gasteiger charge is 2.42. The monoisotopic (exact) mass is 600 g/mol. The van der Waals surface area contributed by atoms with Gasteiger partial charge in [0, 0.05) is 32.6 Å². The number of hydrogen-bond donors (Lipinski definition) is 2. The van der Waals surface area contributed by atoms with Crippen molar-refractivity contribution in [1.29, 1.82) is 0 Å². The first-order chi connectivity index (χ1) is 18.8. The minimum absolute atomic E-state index is 0.169. The van der Waals surface area contributed by atoms with Gasteiger partial charge in [-0.1, -0.05) is 0 Å². The fourth-order valence-electron chi connectivity index (χ4n) is 3.97. The average Bonchev–Trinajstić information content (AvgIpc) is 3.21. The van der Waals surface area contributed by atoms with Crippen molar-refractivity contribution in [2.75, 3.05) is 18.5 Å². The maximum atomic E-state index is 13.3. The van der Waals surface area contributed by atoms with Gasteiger partial charge in [0.05, 0.1) is 12.2 Å². The van der Waals surface area contributed by atoms with E-state index in [0.29, 0.717) is 17.0 Å². The molecule has 0 aliphatic heterocycles. The number of hydrogen-bond acceptors (Lipinski definition) is 13. The number of thiophene rings is 1. The van der Waals surface area contributed by atoms with E-state index in [2.05, 4.69) is 10.6 Å². The molecule has 0 saturated carbocycles. The smallest absolute Gasteiger partial charge is 0.341 e. The van der Waals surface area contributed by atoms with Gasteiger partial charge in [-0.05, 0) is 50.4 Å². The predicted molar refractivity (Wildman–Crippen MR) is 145 cm³/mol. The number of nitrogens with one attached hydrogen (secondary N) is 2. The molecule has 0 fully saturated rings. The van der Waals surface area contributed by atoms with Gasteiger partial charge < -0.3 is 29.0 Å². The molecule has 0 bridgehead atoms. The molecular weight excluding hydrogens is 568 g/mol. The molecule has 1 heterocycles. The van der Waals surface area contributed by atoms with Gasteiger partial charge in [0.15, 0.2) is 17.3 Å². The summed E-state index contributed by atoms with van der Waals surface area (Å²) in [6.07, 6.45) is -1.74. The van der Waals surface area contributed by atoms with Crippen molar-refractivity contribution in [3.05, 3.63) is 16.0 Å². The second-order valence-electron chi connectivity index (χ2n) is 8.63. The highest BCUT2D eigenvalue weighted by molar-refractivity contribution is 7.80. The lowest BCUT2D eigenvalue weighted by Crippen LogP contribution is -2.55. The number of carbonyl (C=O) groups is 6. The van der Waals surface area contributed by atoms with E-state index in [1.54, 1.807) is 6.92 Å². The van der Waals surface area contributed by atoms with E-state index in [0.717, 1.165) is 57.4 Å². The molecule has 0 spiro atoms. The third kappa shape index (κ3) is 9.55. The Balaban J connectivity index is 2.35. The van der Waals surface area contributed by atoms with Gasteiger partial charge in [-0.25, -0.2) is 4.79 Å². The third-order valence-electron chi connectivity index (χ3n) is 5.40. The fraction of sp³-hybridized carbons (Fsp3) is 0.560. The van der Waals surface area contributed by atoms with Crippen LogP contribution in [0, 0.1) is 0 Å². The quantitative estimate of drug-likeness (QED) is 0.215. The second kappa shape index (κ2) is 15.3. The van der Waals surface area contributed by atoms with E-state index >= 15 is 0 Å². The van der Waals surface area contributed by atoms with Crippen LogP contribution in [0.25, 0.3) is 0 Å². The number of thiocarbonyl (C=S) groups is 1. The van der Waals surface area contributed by atoms with Crippen LogP contribution in [0.15, 0.2) is 0 Å². The molecule has 1 aliphatic rings. The molecule has 0 radical (unpaired) electrons. The maximum absolute atomic E-state index is 13.3. The van der Waals surface area contributed by atoms with Crippen LogP contribution < -0.4 is 10.6 Å². The van der Waals surface area contributed by atoms with Gasteiger partial charge in [-0.3, -0.25) is 29.3 Å². The topological polar surface area (TPSA) is 173 Å². The lowest BCUT2D eigenvalue weighted by atomic mass is 9.95. The minimum Gasteiger partial charge on any atom is -0.462 e. The standard InChI is InChI=1S/C25H32N2O11S2/c1-6-34-24(33)19-16-9-7-8-10-18(16)40-23(19)27-25(39)26-22(32)21(38-15(5)31)20(37-14(4)30)17(36-13(3)29)11-35-12(2)28/h17,20-21H,6-11H2,1-5H3,(H2,26,27,32,39). The highest BCUT2D eigenvalue weighted by atomic mass is 32.1. The van der Waals surface area contributed by atoms with Crippen molar-refractivity contribution in [3.63, 3.8) is 0 Å². The van der Waals surface area contributed by atoms with Crippen molar-refractivity contribution in [3.8, 4) is 0 Å². The van der Waals surface area contributed by atoms with E-state index in [-0.39, 0.29) is 11.7 Å². The van der Waals surface area contributed by atoms with Gasteiger partial charge in [0.2, 0.25) is 6.10 Å². The Morgan fingerprint density at radius 1 is 0.875 bits per heavy atom. The summed E-state index contributed by atoms with van der Waals surface area (Å²) < 4.78 is 25.6. The minimum atomic E-state index is -1.87. The van der Waals surface area contributed by atoms with Crippen LogP contribution in [0.5, 0.6) is 0 Å². The van der Waals surface area contributed by atoms with Gasteiger partial charge in [0.25, 0.3) is 5.91 Å². The zero-order chi connectivity index (χ0) is 30.0. The van der Waals surface area contributed by atoms with Gasteiger partial charge in [-0.15, -0.1) is 11.3 Å². The molecule has 220 valence electrons. The Hall–Kier alpha value is -3.59. The summed E-state index contributed by atoms with van der Waals surface area (Å²) in [5, 5.41) is 5.33. The van der Waals surface area contributed by atoms with Crippen LogP contribution >= 0.6 is 23.6 Å². The van der Waals surface area contributed by atoms with E-state index in [9.17, 15) is 28.8 Å². The van der Waals surface area contributed by atoms with Crippen LogP contribution in [-0.4, -0.2) is 72.4 Å². The summed E-state index contributed by atoms with van der Waals surface area (Å²) in [4.78, 5) is 73.9. The van der Waals surface area contributed by atoms with E-state index in [4.69, 9.17) is 35.9 Å². The van der Waals surface area contributed by atoms with Crippen LogP contribution in [0.1, 0.15) is 68.3 Å². The molecule has 40 heavy (non-hydrogen) atoms. The number of esters is 5. The molecule has 15 heteroatoms. The normalized spacial score (nSPS) is 14.3. The lowest BCUT2D eigenvalue weighted by Gasteiger charge is -2.30. The van der Waals surface area contributed by atoms with Crippen LogP contribution in [0.3, 0.4) is 0 Å². The summed E-state index contributed by atoms with van der Waals surface area (Å²) in [5.41, 5.74) is 1.21. The van der Waals surface area contributed by atoms with E-state index in [1.165, 1.54) is 11.3 Å². The summed E-state index contributed by atoms with van der Waals surface area (Å²) >= 11 is 6.62. The van der Waals surface area contributed by atoms with Crippen molar-refractivity contribution < 1.29 is 52.5 Å². The SMILES string of the molecule is CCOC(=O)c1c(NC(=S)NC(=O)C(OC(C)=O)C(OC(C)=O)C(COC(C)=O)OC(C)=O)sc2c1CCCC2. The molecule has 0 saturated heterocycles. The average molecular weight is 601 g/mol. The number of carbonyl (C=O) groups excluding carboxylic acids is 6. The molecule has 1 aromatic rings. The summed E-state index contributed by atoms with van der Waals surface area (Å²) in [6.45, 7) is 5.43. The number of anilines is 1. The lowest BCUT2D eigenvalue weighted by molar-refractivity contribution is -0.190. The van der Waals surface area contributed by atoms with Crippen molar-refractivity contribution in [2.45, 2.75) is 78.6 Å². The van der Waals surface area contributed by atoms with Crippen molar-refractivity contribution in [1.82, 2.24) is 5.32 Å². The van der Waals surface area contributed by atoms with Gasteiger partial charge in [0.1, 0.15) is 11.6 Å². The third-order valence-corrected chi connectivity index (χ3v) is 6.81. The van der Waals surface area contributed by atoms with E-state index < -0.39 is 60.7 Å². The second-order valence-corrected chi connectivity index (χ2v) is 10.1. The first-order valence-corrected chi connectivity index (χ1v) is 13.6. The number of amides is 1. The summed E-state index contributed by atoms with van der Waals surface area (Å²) in [6, 6.07) is 0. The zero-order valence-electron chi connectivity index (χ0n) is 22.8. The Labute approximate surface area is 240 Å². The zero-order valence-corrected chi connectivity index (χ0v) is 24.4. The number of ether oxygens (including phenoxy) is 5. The first kappa shape index (κ1) is 32.6. The Morgan fingerprint density at radius 3 is 2.08 bits per heavy atom. The number of aryl methyl sites for hydroxylation is 1. The molecule has 1 aliphatic carbocycles. The fourth-order valence-corrected chi connectivity index (χ4v) is 5.52.